The van der Waals surface area contributed by atoms with E-state index in [-0.39, 0.29) is 11.8 Å². The maximum absolute atomic E-state index is 13.6. The van der Waals surface area contributed by atoms with E-state index in [1.807, 2.05) is 42.5 Å². The van der Waals surface area contributed by atoms with E-state index < -0.39 is 12.1 Å². The van der Waals surface area contributed by atoms with Crippen molar-refractivity contribution in [2.45, 2.75) is 31.8 Å². The molecule has 2 aromatic carbocycles. The molecule has 1 N–H and O–H groups in total. The van der Waals surface area contributed by atoms with Crippen molar-refractivity contribution in [1.29, 1.82) is 0 Å². The topological polar surface area (TPSA) is 62.3 Å². The van der Waals surface area contributed by atoms with Crippen molar-refractivity contribution in [2.75, 3.05) is 6.54 Å². The molecule has 1 aromatic heterocycles. The first-order valence-electron chi connectivity index (χ1n) is 10.5. The summed E-state index contributed by atoms with van der Waals surface area (Å²) in [7, 11) is 0. The highest BCUT2D eigenvalue weighted by atomic mass is 35.5. The van der Waals surface area contributed by atoms with Crippen LogP contribution in [0.1, 0.15) is 58.9 Å². The summed E-state index contributed by atoms with van der Waals surface area (Å²) in [6, 6.07) is 17.3. The Hall–Kier alpha value is -3.18. The SMILES string of the molecule is CCCCNC(=O)C1c2ccccc2C(=O)N1C(c1ccncc1)c1ccc(Cl)cc1. The highest BCUT2D eigenvalue weighted by Crippen LogP contribution is 2.42. The maximum atomic E-state index is 13.6. The third-order valence-electron chi connectivity index (χ3n) is 5.56. The maximum Gasteiger partial charge on any atom is 0.255 e. The van der Waals surface area contributed by atoms with Crippen LogP contribution in [0.2, 0.25) is 5.02 Å². The predicted octanol–water partition coefficient (Wildman–Crippen LogP) is 4.94. The van der Waals surface area contributed by atoms with Crippen LogP contribution in [0, 0.1) is 0 Å². The number of nitrogens with zero attached hydrogens (tertiary/aromatic N) is 2. The molecular formula is C25H24ClN3O2. The number of carbonyl (C=O) groups excluding carboxylic acids is 2. The number of aromatic nitrogens is 1. The lowest BCUT2D eigenvalue weighted by atomic mass is 9.96. The quantitative estimate of drug-likeness (QED) is 0.537. The van der Waals surface area contributed by atoms with E-state index in [0.29, 0.717) is 17.1 Å². The van der Waals surface area contributed by atoms with E-state index in [0.717, 1.165) is 29.5 Å². The van der Waals surface area contributed by atoms with Crippen LogP contribution in [-0.2, 0) is 4.79 Å². The van der Waals surface area contributed by atoms with Gasteiger partial charge in [-0.1, -0.05) is 55.3 Å². The molecule has 3 aromatic rings. The van der Waals surface area contributed by atoms with Gasteiger partial charge >= 0.3 is 0 Å². The molecule has 0 radical (unpaired) electrons. The zero-order valence-corrected chi connectivity index (χ0v) is 18.0. The zero-order chi connectivity index (χ0) is 21.8. The minimum atomic E-state index is -0.714. The van der Waals surface area contributed by atoms with E-state index in [4.69, 9.17) is 11.6 Å². The van der Waals surface area contributed by atoms with Crippen molar-refractivity contribution in [3.05, 3.63) is 100 Å². The lowest BCUT2D eigenvalue weighted by Crippen LogP contribution is -2.41. The molecule has 2 amide bonds. The summed E-state index contributed by atoms with van der Waals surface area (Å²) in [5, 5.41) is 3.63. The standard InChI is InChI=1S/C25H24ClN3O2/c1-2-3-14-28-24(30)23-20-6-4-5-7-21(20)25(31)29(23)22(18-12-15-27-16-13-18)17-8-10-19(26)11-9-17/h4-13,15-16,22-23H,2-3,14H2,1H3,(H,28,30). The molecule has 0 spiro atoms. The molecule has 31 heavy (non-hydrogen) atoms. The summed E-state index contributed by atoms with van der Waals surface area (Å²) >= 11 is 6.12. The van der Waals surface area contributed by atoms with Crippen LogP contribution in [0.15, 0.2) is 73.1 Å². The van der Waals surface area contributed by atoms with E-state index in [2.05, 4.69) is 17.2 Å². The second-order valence-electron chi connectivity index (χ2n) is 7.58. The van der Waals surface area contributed by atoms with Gasteiger partial charge in [0.15, 0.2) is 0 Å². The normalized spacial score (nSPS) is 16.1. The van der Waals surface area contributed by atoms with Crippen molar-refractivity contribution in [1.82, 2.24) is 15.2 Å². The number of hydrogen-bond acceptors (Lipinski definition) is 3. The molecule has 2 unspecified atom stereocenters. The summed E-state index contributed by atoms with van der Waals surface area (Å²) in [6.07, 6.45) is 5.26. The van der Waals surface area contributed by atoms with Gasteiger partial charge in [0.25, 0.3) is 5.91 Å². The second-order valence-corrected chi connectivity index (χ2v) is 8.02. The van der Waals surface area contributed by atoms with Crippen molar-refractivity contribution in [3.63, 3.8) is 0 Å². The summed E-state index contributed by atoms with van der Waals surface area (Å²) in [5.41, 5.74) is 3.05. The van der Waals surface area contributed by atoms with Crippen molar-refractivity contribution in [2.24, 2.45) is 0 Å². The Kier molecular flexibility index (Phi) is 6.33. The number of carbonyl (C=O) groups is 2. The van der Waals surface area contributed by atoms with Gasteiger partial charge in [-0.2, -0.15) is 0 Å². The van der Waals surface area contributed by atoms with Gasteiger partial charge in [-0.3, -0.25) is 14.6 Å². The van der Waals surface area contributed by atoms with Crippen LogP contribution in [0.3, 0.4) is 0 Å². The van der Waals surface area contributed by atoms with Crippen LogP contribution < -0.4 is 5.32 Å². The first-order valence-corrected chi connectivity index (χ1v) is 10.8. The molecule has 0 fully saturated rings. The molecule has 6 heteroatoms. The summed E-state index contributed by atoms with van der Waals surface area (Å²) < 4.78 is 0. The minimum absolute atomic E-state index is 0.164. The molecule has 0 bridgehead atoms. The molecule has 1 aliphatic heterocycles. The lowest BCUT2D eigenvalue weighted by Gasteiger charge is -2.33. The minimum Gasteiger partial charge on any atom is -0.354 e. The van der Waals surface area contributed by atoms with Gasteiger partial charge in [-0.25, -0.2) is 0 Å². The van der Waals surface area contributed by atoms with Gasteiger partial charge in [-0.15, -0.1) is 0 Å². The number of fused-ring (bicyclic) bond motifs is 1. The number of pyridine rings is 1. The van der Waals surface area contributed by atoms with E-state index in [1.54, 1.807) is 35.5 Å². The molecule has 5 nitrogen and oxygen atoms in total. The van der Waals surface area contributed by atoms with Gasteiger partial charge in [0.2, 0.25) is 5.91 Å². The van der Waals surface area contributed by atoms with Gasteiger partial charge in [0.05, 0.1) is 6.04 Å². The van der Waals surface area contributed by atoms with Crippen LogP contribution in [0.5, 0.6) is 0 Å². The first-order chi connectivity index (χ1) is 15.1. The Morgan fingerprint density at radius 2 is 1.74 bits per heavy atom. The van der Waals surface area contributed by atoms with Crippen molar-refractivity contribution < 1.29 is 9.59 Å². The largest absolute Gasteiger partial charge is 0.354 e. The fraction of sp³-hybridized carbons (Fsp3) is 0.240. The fourth-order valence-electron chi connectivity index (χ4n) is 4.06. The molecule has 0 aliphatic carbocycles. The third-order valence-corrected chi connectivity index (χ3v) is 5.81. The fourth-order valence-corrected chi connectivity index (χ4v) is 4.19. The molecule has 0 saturated carbocycles. The average molecular weight is 434 g/mol. The number of amides is 2. The van der Waals surface area contributed by atoms with E-state index in [1.165, 1.54) is 0 Å². The van der Waals surface area contributed by atoms with Crippen LogP contribution >= 0.6 is 11.6 Å². The van der Waals surface area contributed by atoms with Gasteiger partial charge < -0.3 is 10.2 Å². The van der Waals surface area contributed by atoms with Crippen molar-refractivity contribution >= 4 is 23.4 Å². The Balaban J connectivity index is 1.82. The van der Waals surface area contributed by atoms with Gasteiger partial charge in [0, 0.05) is 29.5 Å². The Bertz CT molecular complexity index is 1070. The third kappa shape index (κ3) is 4.19. The van der Waals surface area contributed by atoms with Gasteiger partial charge in [-0.05, 0) is 53.4 Å². The Labute approximate surface area is 187 Å². The molecule has 1 aliphatic rings. The van der Waals surface area contributed by atoms with E-state index >= 15 is 0 Å². The van der Waals surface area contributed by atoms with Gasteiger partial charge in [0.1, 0.15) is 6.04 Å². The molecule has 2 atom stereocenters. The number of benzene rings is 2. The summed E-state index contributed by atoms with van der Waals surface area (Å²) in [4.78, 5) is 32.7. The first kappa shape index (κ1) is 21.1. The van der Waals surface area contributed by atoms with E-state index in [9.17, 15) is 9.59 Å². The number of hydrogen-bond donors (Lipinski definition) is 1. The summed E-state index contributed by atoms with van der Waals surface area (Å²) in [6.45, 7) is 2.66. The number of halogens is 1. The highest BCUT2D eigenvalue weighted by molar-refractivity contribution is 6.30. The predicted molar refractivity (Wildman–Crippen MR) is 121 cm³/mol. The highest BCUT2D eigenvalue weighted by Gasteiger charge is 2.45. The van der Waals surface area contributed by atoms with Crippen molar-refractivity contribution in [3.8, 4) is 0 Å². The van der Waals surface area contributed by atoms with Crippen LogP contribution in [-0.4, -0.2) is 28.2 Å². The van der Waals surface area contributed by atoms with Crippen LogP contribution in [0.4, 0.5) is 0 Å². The Morgan fingerprint density at radius 1 is 1.06 bits per heavy atom. The molecular weight excluding hydrogens is 410 g/mol. The van der Waals surface area contributed by atoms with Crippen LogP contribution in [0.25, 0.3) is 0 Å². The Morgan fingerprint density at radius 3 is 2.45 bits per heavy atom. The monoisotopic (exact) mass is 433 g/mol. The smallest absolute Gasteiger partial charge is 0.255 e. The lowest BCUT2D eigenvalue weighted by molar-refractivity contribution is -0.126. The number of rotatable bonds is 7. The molecule has 4 rings (SSSR count). The zero-order valence-electron chi connectivity index (χ0n) is 17.3. The molecule has 2 heterocycles. The molecule has 158 valence electrons. The number of unbranched alkanes of at least 4 members (excludes halogenated alkanes) is 1. The second kappa shape index (κ2) is 9.31. The molecule has 0 saturated heterocycles. The summed E-state index contributed by atoms with van der Waals surface area (Å²) in [5.74, 6) is -0.331. The average Bonchev–Trinajstić information content (AvgIpc) is 3.09. The number of nitrogens with one attached hydrogen (secondary N) is 1.